The summed E-state index contributed by atoms with van der Waals surface area (Å²) in [5, 5.41) is 21.0. The number of aliphatic hydroxyl groups excluding tert-OH is 1. The number of benzene rings is 2. The van der Waals surface area contributed by atoms with Crippen LogP contribution in [-0.2, 0) is 16.1 Å². The van der Waals surface area contributed by atoms with Crippen molar-refractivity contribution in [3.05, 3.63) is 95.3 Å². The van der Waals surface area contributed by atoms with Crippen LogP contribution in [0, 0.1) is 0 Å². The minimum atomic E-state index is -0.858. The second kappa shape index (κ2) is 8.31. The van der Waals surface area contributed by atoms with Gasteiger partial charge in [-0.05, 0) is 35.4 Å². The monoisotopic (exact) mass is 416 g/mol. The minimum Gasteiger partial charge on any atom is -0.507 e. The Morgan fingerprint density at radius 2 is 1.77 bits per heavy atom. The summed E-state index contributed by atoms with van der Waals surface area (Å²) in [5.74, 6) is -1.64. The smallest absolute Gasteiger partial charge is 0.295 e. The zero-order chi connectivity index (χ0) is 22.0. The molecule has 0 saturated carbocycles. The number of ether oxygens (including phenoxy) is 1. The number of pyridine rings is 1. The molecule has 1 unspecified atom stereocenters. The molecule has 1 aromatic heterocycles. The van der Waals surface area contributed by atoms with Crippen LogP contribution in [0.3, 0.4) is 0 Å². The van der Waals surface area contributed by atoms with Crippen LogP contribution in [0.15, 0.2) is 78.6 Å². The third-order valence-electron chi connectivity index (χ3n) is 5.21. The van der Waals surface area contributed by atoms with Gasteiger partial charge < -0.3 is 19.8 Å². The summed E-state index contributed by atoms with van der Waals surface area (Å²) in [6.07, 6.45) is 2.99. The number of aromatic hydroxyl groups is 1. The van der Waals surface area contributed by atoms with Gasteiger partial charge in [-0.15, -0.1) is 0 Å². The van der Waals surface area contributed by atoms with Gasteiger partial charge in [0.1, 0.15) is 5.76 Å². The summed E-state index contributed by atoms with van der Waals surface area (Å²) in [6.45, 7) is 0.173. The fraction of sp³-hybridized carbons (Fsp3) is 0.125. The molecular formula is C24H20N2O5. The van der Waals surface area contributed by atoms with E-state index in [1.807, 2.05) is 30.3 Å². The molecule has 1 aliphatic rings. The predicted octanol–water partition coefficient (Wildman–Crippen LogP) is 3.42. The molecule has 0 radical (unpaired) electrons. The Balaban J connectivity index is 1.89. The summed E-state index contributed by atoms with van der Waals surface area (Å²) in [6, 6.07) is 16.1. The fourth-order valence-corrected chi connectivity index (χ4v) is 3.70. The zero-order valence-electron chi connectivity index (χ0n) is 16.7. The molecule has 0 bridgehead atoms. The molecule has 1 amide bonds. The number of likely N-dealkylation sites (tertiary alicyclic amines) is 1. The molecule has 7 heteroatoms. The molecule has 1 fully saturated rings. The highest BCUT2D eigenvalue weighted by molar-refractivity contribution is 6.46. The second-order valence-corrected chi connectivity index (χ2v) is 7.08. The van der Waals surface area contributed by atoms with Gasteiger partial charge in [0.25, 0.3) is 11.7 Å². The number of rotatable bonds is 5. The van der Waals surface area contributed by atoms with Crippen molar-refractivity contribution in [3.8, 4) is 11.5 Å². The number of ketones is 1. The van der Waals surface area contributed by atoms with Gasteiger partial charge in [0, 0.05) is 24.5 Å². The van der Waals surface area contributed by atoms with Gasteiger partial charge in [-0.1, -0.05) is 36.4 Å². The van der Waals surface area contributed by atoms with E-state index in [0.717, 1.165) is 5.56 Å². The second-order valence-electron chi connectivity index (χ2n) is 7.08. The molecule has 156 valence electrons. The van der Waals surface area contributed by atoms with Crippen molar-refractivity contribution >= 4 is 17.4 Å². The standard InChI is InChI=1S/C24H20N2O5/c1-31-19-13-17(7-8-18(19)27)21-20(22(28)16-9-11-25-12-10-16)23(29)24(30)26(21)14-15-5-3-2-4-6-15/h2-13,21,27-28H,14H2,1H3. The third-order valence-corrected chi connectivity index (χ3v) is 5.21. The number of hydrogen-bond donors (Lipinski definition) is 2. The van der Waals surface area contributed by atoms with E-state index >= 15 is 0 Å². The van der Waals surface area contributed by atoms with E-state index in [2.05, 4.69) is 4.98 Å². The van der Waals surface area contributed by atoms with E-state index < -0.39 is 17.7 Å². The van der Waals surface area contributed by atoms with Gasteiger partial charge in [-0.25, -0.2) is 0 Å². The average Bonchev–Trinajstić information content (AvgIpc) is 3.05. The lowest BCUT2D eigenvalue weighted by Crippen LogP contribution is -2.29. The number of carbonyl (C=O) groups excluding carboxylic acids is 2. The van der Waals surface area contributed by atoms with E-state index in [4.69, 9.17) is 4.74 Å². The largest absolute Gasteiger partial charge is 0.507 e. The van der Waals surface area contributed by atoms with Crippen molar-refractivity contribution in [1.29, 1.82) is 0 Å². The maximum absolute atomic E-state index is 13.0. The fourth-order valence-electron chi connectivity index (χ4n) is 3.70. The Labute approximate surface area is 178 Å². The highest BCUT2D eigenvalue weighted by atomic mass is 16.5. The van der Waals surface area contributed by atoms with Crippen LogP contribution in [0.25, 0.3) is 5.76 Å². The number of phenolic OH excluding ortho intramolecular Hbond substituents is 1. The SMILES string of the molecule is COc1cc(C2C(=C(O)c3ccncc3)C(=O)C(=O)N2Cc2ccccc2)ccc1O. The molecule has 1 aliphatic heterocycles. The summed E-state index contributed by atoms with van der Waals surface area (Å²) in [4.78, 5) is 31.4. The molecule has 0 aliphatic carbocycles. The Hall–Kier alpha value is -4.13. The van der Waals surface area contributed by atoms with E-state index in [-0.39, 0.29) is 29.4 Å². The average molecular weight is 416 g/mol. The first-order valence-electron chi connectivity index (χ1n) is 9.61. The first-order valence-corrected chi connectivity index (χ1v) is 9.61. The van der Waals surface area contributed by atoms with Crippen LogP contribution in [0.5, 0.6) is 11.5 Å². The first-order chi connectivity index (χ1) is 15.0. The van der Waals surface area contributed by atoms with Gasteiger partial charge in [0.2, 0.25) is 0 Å². The number of nitrogens with zero attached hydrogens (tertiary/aromatic N) is 2. The highest BCUT2D eigenvalue weighted by Crippen LogP contribution is 2.42. The molecule has 3 aromatic rings. The molecule has 1 saturated heterocycles. The summed E-state index contributed by atoms with van der Waals surface area (Å²) < 4.78 is 5.21. The van der Waals surface area contributed by atoms with Crippen molar-refractivity contribution in [2.45, 2.75) is 12.6 Å². The Morgan fingerprint density at radius 1 is 1.06 bits per heavy atom. The molecule has 2 N–H and O–H groups in total. The molecule has 31 heavy (non-hydrogen) atoms. The maximum Gasteiger partial charge on any atom is 0.295 e. The van der Waals surface area contributed by atoms with Gasteiger partial charge in [-0.2, -0.15) is 0 Å². The van der Waals surface area contributed by atoms with E-state index in [0.29, 0.717) is 11.1 Å². The molecule has 1 atom stereocenters. The van der Waals surface area contributed by atoms with Crippen LogP contribution in [0.2, 0.25) is 0 Å². The number of aromatic nitrogens is 1. The molecule has 4 rings (SSSR count). The first kappa shape index (κ1) is 20.2. The number of methoxy groups -OCH3 is 1. The van der Waals surface area contributed by atoms with Crippen molar-refractivity contribution < 1.29 is 24.5 Å². The van der Waals surface area contributed by atoms with Crippen LogP contribution < -0.4 is 4.74 Å². The summed E-state index contributed by atoms with van der Waals surface area (Å²) in [5.41, 5.74) is 1.72. The predicted molar refractivity (Wildman–Crippen MR) is 113 cm³/mol. The molecular weight excluding hydrogens is 396 g/mol. The number of phenols is 1. The quantitative estimate of drug-likeness (QED) is 0.376. The van der Waals surface area contributed by atoms with E-state index in [1.54, 1.807) is 24.3 Å². The van der Waals surface area contributed by atoms with Crippen LogP contribution in [0.4, 0.5) is 0 Å². The van der Waals surface area contributed by atoms with Crippen LogP contribution >= 0.6 is 0 Å². The van der Waals surface area contributed by atoms with Gasteiger partial charge in [-0.3, -0.25) is 14.6 Å². The van der Waals surface area contributed by atoms with Crippen molar-refractivity contribution in [2.24, 2.45) is 0 Å². The summed E-state index contributed by atoms with van der Waals surface area (Å²) >= 11 is 0. The lowest BCUT2D eigenvalue weighted by Gasteiger charge is -2.26. The summed E-state index contributed by atoms with van der Waals surface area (Å²) in [7, 11) is 1.41. The Morgan fingerprint density at radius 3 is 2.45 bits per heavy atom. The molecule has 0 spiro atoms. The molecule has 2 aromatic carbocycles. The Kier molecular flexibility index (Phi) is 5.41. The molecule has 7 nitrogen and oxygen atoms in total. The van der Waals surface area contributed by atoms with Gasteiger partial charge in [0.15, 0.2) is 11.5 Å². The van der Waals surface area contributed by atoms with Crippen molar-refractivity contribution in [2.75, 3.05) is 7.11 Å². The lowest BCUT2D eigenvalue weighted by atomic mass is 9.95. The minimum absolute atomic E-state index is 0.0279. The number of amides is 1. The highest BCUT2D eigenvalue weighted by Gasteiger charge is 2.46. The van der Waals surface area contributed by atoms with E-state index in [1.165, 1.54) is 30.5 Å². The van der Waals surface area contributed by atoms with E-state index in [9.17, 15) is 19.8 Å². The van der Waals surface area contributed by atoms with Gasteiger partial charge in [0.05, 0.1) is 18.7 Å². The number of aliphatic hydroxyl groups is 1. The van der Waals surface area contributed by atoms with Crippen molar-refractivity contribution in [3.63, 3.8) is 0 Å². The van der Waals surface area contributed by atoms with Crippen LogP contribution in [0.1, 0.15) is 22.7 Å². The normalized spacial score (nSPS) is 17.7. The number of hydrogen-bond acceptors (Lipinski definition) is 6. The maximum atomic E-state index is 13.0. The van der Waals surface area contributed by atoms with Gasteiger partial charge >= 0.3 is 0 Å². The Bertz CT molecular complexity index is 1160. The third kappa shape index (κ3) is 3.73. The lowest BCUT2D eigenvalue weighted by molar-refractivity contribution is -0.140. The molecule has 2 heterocycles. The van der Waals surface area contributed by atoms with Crippen molar-refractivity contribution in [1.82, 2.24) is 9.88 Å². The number of Topliss-reactive ketones (excluding diaryl/α,β-unsaturated/α-hetero) is 1. The topological polar surface area (TPSA) is 100.0 Å². The zero-order valence-corrected chi connectivity index (χ0v) is 16.7. The number of carbonyl (C=O) groups is 2. The van der Waals surface area contributed by atoms with Crippen LogP contribution in [-0.4, -0.2) is 38.9 Å².